The maximum absolute atomic E-state index is 11.7. The van der Waals surface area contributed by atoms with E-state index in [1.165, 1.54) is 14.2 Å². The van der Waals surface area contributed by atoms with E-state index in [0.717, 1.165) is 12.3 Å². The largest absolute Gasteiger partial charge is 0.468 e. The van der Waals surface area contributed by atoms with E-state index in [-0.39, 0.29) is 34.1 Å². The zero-order chi connectivity index (χ0) is 18.1. The number of esters is 2. The molecule has 0 saturated heterocycles. The topological polar surface area (TPSA) is 147 Å². The Hall–Kier alpha value is -2.27. The van der Waals surface area contributed by atoms with E-state index < -0.39 is 22.9 Å². The van der Waals surface area contributed by atoms with Gasteiger partial charge in [0.2, 0.25) is 0 Å². The van der Waals surface area contributed by atoms with E-state index in [1.54, 1.807) is 0 Å². The molecule has 1 aromatic heterocycles. The van der Waals surface area contributed by atoms with E-state index in [1.807, 2.05) is 0 Å². The number of methoxy groups -OCH3 is 2. The highest BCUT2D eigenvalue weighted by Crippen LogP contribution is 2.20. The van der Waals surface area contributed by atoms with Crippen LogP contribution in [-0.2, 0) is 14.3 Å². The lowest BCUT2D eigenvalue weighted by molar-refractivity contribution is -0.385. The summed E-state index contributed by atoms with van der Waals surface area (Å²) in [5.74, 6) is -0.987. The molecule has 0 bridgehead atoms. The van der Waals surface area contributed by atoms with E-state index in [0.29, 0.717) is 25.8 Å². The minimum atomic E-state index is -0.721. The van der Waals surface area contributed by atoms with Crippen molar-refractivity contribution in [2.45, 2.75) is 25.3 Å². The fraction of sp³-hybridized carbons (Fsp3) is 0.500. The summed E-state index contributed by atoms with van der Waals surface area (Å²) < 4.78 is 9.13. The predicted octanol–water partition coefficient (Wildman–Crippen LogP) is 1.44. The quantitative estimate of drug-likeness (QED) is 0.262. The van der Waals surface area contributed by atoms with Crippen LogP contribution in [0, 0.1) is 10.1 Å². The van der Waals surface area contributed by atoms with Gasteiger partial charge in [-0.3, -0.25) is 14.9 Å². The summed E-state index contributed by atoms with van der Waals surface area (Å²) in [5, 5.41) is 13.7. The van der Waals surface area contributed by atoms with Crippen molar-refractivity contribution in [3.05, 3.63) is 27.9 Å². The summed E-state index contributed by atoms with van der Waals surface area (Å²) in [4.78, 5) is 36.9. The molecule has 0 aliphatic carbocycles. The third-order valence-electron chi connectivity index (χ3n) is 3.23. The molecular weight excluding hydrogens is 400 g/mol. The molecule has 1 heterocycles. The Balaban J connectivity index is 0.00000576. The molecule has 10 nitrogen and oxygen atoms in total. The Kier molecular flexibility index (Phi) is 10.3. The third kappa shape index (κ3) is 7.01. The summed E-state index contributed by atoms with van der Waals surface area (Å²) in [6.45, 7) is 0.447. The lowest BCUT2D eigenvalue weighted by atomic mass is 10.1. The molecule has 11 heteroatoms. The van der Waals surface area contributed by atoms with Crippen LogP contribution >= 0.6 is 17.0 Å². The number of nitrogens with zero attached hydrogens (tertiary/aromatic N) is 2. The number of carbonyl (C=O) groups is 2. The fourth-order valence-electron chi connectivity index (χ4n) is 1.93. The first-order chi connectivity index (χ1) is 11.4. The molecule has 1 aromatic rings. The molecule has 3 N–H and O–H groups in total. The number of unbranched alkanes of at least 4 members (excludes halogenated alkanes) is 1. The number of carbonyl (C=O) groups excluding carboxylic acids is 2. The molecule has 0 saturated carbocycles. The van der Waals surface area contributed by atoms with Crippen LogP contribution in [0.2, 0.25) is 0 Å². The van der Waals surface area contributed by atoms with Gasteiger partial charge in [0.1, 0.15) is 23.6 Å². The SMILES string of the molecule is Br.COC(=O)c1cc([N+](=O)[O-])cnc1NCCCCC(N)C(=O)OC. The Bertz CT molecular complexity index is 613. The van der Waals surface area contributed by atoms with Crippen molar-refractivity contribution < 1.29 is 24.0 Å². The van der Waals surface area contributed by atoms with Crippen molar-refractivity contribution >= 4 is 40.4 Å². The molecular formula is C14H21BrN4O6. The van der Waals surface area contributed by atoms with Crippen molar-refractivity contribution in [1.29, 1.82) is 0 Å². The highest BCUT2D eigenvalue weighted by atomic mass is 79.9. The second-order valence-electron chi connectivity index (χ2n) is 4.89. The van der Waals surface area contributed by atoms with Crippen molar-refractivity contribution in [3.63, 3.8) is 0 Å². The zero-order valence-electron chi connectivity index (χ0n) is 13.9. The number of pyridine rings is 1. The first-order valence-corrected chi connectivity index (χ1v) is 7.20. The molecule has 0 fully saturated rings. The first kappa shape index (κ1) is 22.7. The van der Waals surface area contributed by atoms with Gasteiger partial charge in [-0.2, -0.15) is 0 Å². The molecule has 140 valence electrons. The van der Waals surface area contributed by atoms with Crippen molar-refractivity contribution in [2.75, 3.05) is 26.1 Å². The van der Waals surface area contributed by atoms with Gasteiger partial charge in [0.15, 0.2) is 0 Å². The first-order valence-electron chi connectivity index (χ1n) is 7.20. The Morgan fingerprint density at radius 2 is 2.04 bits per heavy atom. The second-order valence-corrected chi connectivity index (χ2v) is 4.89. The van der Waals surface area contributed by atoms with Gasteiger partial charge in [0.05, 0.1) is 19.1 Å². The second kappa shape index (κ2) is 11.3. The Morgan fingerprint density at radius 1 is 1.36 bits per heavy atom. The van der Waals surface area contributed by atoms with Gasteiger partial charge in [0.25, 0.3) is 5.69 Å². The fourth-order valence-corrected chi connectivity index (χ4v) is 1.93. The van der Waals surface area contributed by atoms with Crippen LogP contribution in [0.3, 0.4) is 0 Å². The summed E-state index contributed by atoms with van der Waals surface area (Å²) in [7, 11) is 2.46. The van der Waals surface area contributed by atoms with Crippen LogP contribution in [0.1, 0.15) is 29.6 Å². The number of aromatic nitrogens is 1. The molecule has 0 aliphatic heterocycles. The number of halogens is 1. The summed E-state index contributed by atoms with van der Waals surface area (Å²) in [6, 6.07) is 0.437. The van der Waals surface area contributed by atoms with Crippen LogP contribution in [0.4, 0.5) is 11.5 Å². The van der Waals surface area contributed by atoms with Gasteiger partial charge in [-0.25, -0.2) is 9.78 Å². The van der Waals surface area contributed by atoms with Gasteiger partial charge in [-0.15, -0.1) is 17.0 Å². The summed E-state index contributed by atoms with van der Waals surface area (Å²) in [6.07, 6.45) is 2.83. The highest BCUT2D eigenvalue weighted by molar-refractivity contribution is 8.93. The monoisotopic (exact) mass is 420 g/mol. The van der Waals surface area contributed by atoms with Gasteiger partial charge in [-0.05, 0) is 19.3 Å². The van der Waals surface area contributed by atoms with Crippen molar-refractivity contribution in [2.24, 2.45) is 5.73 Å². The Morgan fingerprint density at radius 3 is 2.60 bits per heavy atom. The highest BCUT2D eigenvalue weighted by Gasteiger charge is 2.18. The van der Waals surface area contributed by atoms with E-state index in [4.69, 9.17) is 5.73 Å². The maximum atomic E-state index is 11.7. The minimum Gasteiger partial charge on any atom is -0.468 e. The maximum Gasteiger partial charge on any atom is 0.341 e. The van der Waals surface area contributed by atoms with E-state index >= 15 is 0 Å². The molecule has 1 unspecified atom stereocenters. The number of hydrogen-bond acceptors (Lipinski definition) is 9. The zero-order valence-corrected chi connectivity index (χ0v) is 15.6. The van der Waals surface area contributed by atoms with Crippen LogP contribution in [0.5, 0.6) is 0 Å². The molecule has 0 radical (unpaired) electrons. The number of hydrogen-bond donors (Lipinski definition) is 2. The van der Waals surface area contributed by atoms with E-state index in [9.17, 15) is 19.7 Å². The molecule has 0 aliphatic rings. The number of nitrogens with two attached hydrogens (primary N) is 1. The number of nitro groups is 1. The molecule has 1 atom stereocenters. The minimum absolute atomic E-state index is 0. The van der Waals surface area contributed by atoms with Crippen LogP contribution in [0.25, 0.3) is 0 Å². The molecule has 25 heavy (non-hydrogen) atoms. The van der Waals surface area contributed by atoms with Gasteiger partial charge in [-0.1, -0.05) is 0 Å². The van der Waals surface area contributed by atoms with E-state index in [2.05, 4.69) is 19.8 Å². The smallest absolute Gasteiger partial charge is 0.341 e. The number of ether oxygens (including phenoxy) is 2. The predicted molar refractivity (Wildman–Crippen MR) is 94.9 cm³/mol. The van der Waals surface area contributed by atoms with Gasteiger partial charge in [0, 0.05) is 12.6 Å². The lowest BCUT2D eigenvalue weighted by Gasteiger charge is -2.11. The summed E-state index contributed by atoms with van der Waals surface area (Å²) in [5.41, 5.74) is 5.30. The average Bonchev–Trinajstić information content (AvgIpc) is 2.59. The molecule has 0 spiro atoms. The normalized spacial score (nSPS) is 11.0. The molecule has 0 amide bonds. The van der Waals surface area contributed by atoms with Crippen LogP contribution in [0.15, 0.2) is 12.3 Å². The van der Waals surface area contributed by atoms with Crippen LogP contribution in [-0.4, -0.2) is 48.7 Å². The Labute approximate surface area is 155 Å². The number of anilines is 1. The molecule has 1 rings (SSSR count). The van der Waals surface area contributed by atoms with Crippen molar-refractivity contribution in [3.8, 4) is 0 Å². The van der Waals surface area contributed by atoms with Crippen LogP contribution < -0.4 is 11.1 Å². The average molecular weight is 421 g/mol. The van der Waals surface area contributed by atoms with Gasteiger partial charge < -0.3 is 20.5 Å². The van der Waals surface area contributed by atoms with Gasteiger partial charge >= 0.3 is 11.9 Å². The summed E-state index contributed by atoms with van der Waals surface area (Å²) >= 11 is 0. The standard InChI is InChI=1S/C14H20N4O6.BrH/c1-23-13(19)10-7-9(18(21)22)8-17-12(10)16-6-4-3-5-11(15)14(20)24-2;/h7-8,11H,3-6,15H2,1-2H3,(H,16,17);1H. The molecule has 0 aromatic carbocycles. The van der Waals surface area contributed by atoms with Crippen molar-refractivity contribution in [1.82, 2.24) is 4.98 Å². The number of nitrogens with one attached hydrogen (secondary N) is 1. The third-order valence-corrected chi connectivity index (χ3v) is 3.23. The number of rotatable bonds is 9. The lowest BCUT2D eigenvalue weighted by Crippen LogP contribution is -2.31.